The molecule has 2 rings (SSSR count). The molecule has 0 bridgehead atoms. The summed E-state index contributed by atoms with van der Waals surface area (Å²) in [7, 11) is 0. The Morgan fingerprint density at radius 1 is 1.21 bits per heavy atom. The second-order valence-electron chi connectivity index (χ2n) is 5.68. The van der Waals surface area contributed by atoms with Gasteiger partial charge in [0.15, 0.2) is 0 Å². The molecule has 0 aromatic heterocycles. The van der Waals surface area contributed by atoms with Crippen LogP contribution in [-0.2, 0) is 4.79 Å². The number of urea groups is 1. The number of hydrogen-bond donors (Lipinski definition) is 1. The Labute approximate surface area is 114 Å². The molecule has 2 amide bonds. The van der Waals surface area contributed by atoms with E-state index >= 15 is 0 Å². The standard InChI is InChI=1S/C14H24N2O3/c1-2-5-12-6-3-4-8-16(12)14(19)15-9-7-11(10-15)13(17)18/h11-12H,2-10H2,1H3,(H,17,18). The molecule has 0 aromatic rings. The number of nitrogens with zero attached hydrogens (tertiary/aromatic N) is 2. The fourth-order valence-electron chi connectivity index (χ4n) is 3.20. The van der Waals surface area contributed by atoms with Crippen LogP contribution in [0.25, 0.3) is 0 Å². The van der Waals surface area contributed by atoms with Crippen molar-refractivity contribution in [2.45, 2.75) is 51.5 Å². The smallest absolute Gasteiger partial charge is 0.320 e. The van der Waals surface area contributed by atoms with Crippen molar-refractivity contribution in [3.63, 3.8) is 0 Å². The quantitative estimate of drug-likeness (QED) is 0.853. The average molecular weight is 268 g/mol. The maximum atomic E-state index is 12.5. The minimum atomic E-state index is -0.779. The molecule has 5 heteroatoms. The highest BCUT2D eigenvalue weighted by atomic mass is 16.4. The lowest BCUT2D eigenvalue weighted by molar-refractivity contribution is -0.141. The van der Waals surface area contributed by atoms with Gasteiger partial charge in [-0.25, -0.2) is 4.79 Å². The van der Waals surface area contributed by atoms with Gasteiger partial charge in [0.1, 0.15) is 0 Å². The Bertz CT molecular complexity index is 344. The molecule has 2 saturated heterocycles. The molecular formula is C14H24N2O3. The fraction of sp³-hybridized carbons (Fsp3) is 0.857. The number of piperidine rings is 1. The SMILES string of the molecule is CCCC1CCCCN1C(=O)N1CCC(C(=O)O)C1. The minimum absolute atomic E-state index is 0.0573. The molecule has 2 aliphatic heterocycles. The van der Waals surface area contributed by atoms with Gasteiger partial charge in [-0.3, -0.25) is 4.79 Å². The van der Waals surface area contributed by atoms with Crippen LogP contribution in [-0.4, -0.2) is 52.6 Å². The molecule has 0 aliphatic carbocycles. The van der Waals surface area contributed by atoms with Crippen LogP contribution in [0.1, 0.15) is 45.4 Å². The molecule has 2 atom stereocenters. The lowest BCUT2D eigenvalue weighted by Crippen LogP contribution is -2.49. The monoisotopic (exact) mass is 268 g/mol. The highest BCUT2D eigenvalue weighted by Crippen LogP contribution is 2.25. The molecule has 19 heavy (non-hydrogen) atoms. The first kappa shape index (κ1) is 14.2. The molecule has 1 N–H and O–H groups in total. The van der Waals surface area contributed by atoms with E-state index < -0.39 is 5.97 Å². The van der Waals surface area contributed by atoms with Crippen LogP contribution in [0.5, 0.6) is 0 Å². The zero-order valence-corrected chi connectivity index (χ0v) is 11.7. The van der Waals surface area contributed by atoms with Crippen molar-refractivity contribution in [1.82, 2.24) is 9.80 Å². The minimum Gasteiger partial charge on any atom is -0.481 e. The van der Waals surface area contributed by atoms with Crippen LogP contribution in [0.4, 0.5) is 4.79 Å². The van der Waals surface area contributed by atoms with Gasteiger partial charge in [0, 0.05) is 25.7 Å². The Balaban J connectivity index is 1.96. The second kappa shape index (κ2) is 6.26. The van der Waals surface area contributed by atoms with Gasteiger partial charge in [0.25, 0.3) is 0 Å². The van der Waals surface area contributed by atoms with E-state index in [9.17, 15) is 9.59 Å². The maximum absolute atomic E-state index is 12.5. The van der Waals surface area contributed by atoms with Crippen LogP contribution in [0, 0.1) is 5.92 Å². The number of amides is 2. The number of aliphatic carboxylic acids is 1. The Kier molecular flexibility index (Phi) is 4.66. The third-order valence-corrected chi connectivity index (χ3v) is 4.30. The largest absolute Gasteiger partial charge is 0.481 e. The van der Waals surface area contributed by atoms with Crippen molar-refractivity contribution >= 4 is 12.0 Å². The molecule has 0 radical (unpaired) electrons. The Morgan fingerprint density at radius 2 is 2.00 bits per heavy atom. The first-order valence-electron chi connectivity index (χ1n) is 7.41. The molecule has 0 spiro atoms. The van der Waals surface area contributed by atoms with E-state index in [0.29, 0.717) is 25.6 Å². The van der Waals surface area contributed by atoms with E-state index in [1.165, 1.54) is 6.42 Å². The molecule has 108 valence electrons. The number of rotatable bonds is 3. The molecule has 5 nitrogen and oxygen atoms in total. The summed E-state index contributed by atoms with van der Waals surface area (Å²) in [6.07, 6.45) is 6.10. The van der Waals surface area contributed by atoms with Crippen molar-refractivity contribution in [1.29, 1.82) is 0 Å². The molecule has 2 unspecified atom stereocenters. The van der Waals surface area contributed by atoms with E-state index in [0.717, 1.165) is 32.2 Å². The van der Waals surface area contributed by atoms with Crippen LogP contribution in [0.2, 0.25) is 0 Å². The molecule has 2 heterocycles. The van der Waals surface area contributed by atoms with Crippen molar-refractivity contribution < 1.29 is 14.7 Å². The summed E-state index contributed by atoms with van der Waals surface area (Å²) < 4.78 is 0. The number of carboxylic acid groups (broad SMARTS) is 1. The Morgan fingerprint density at radius 3 is 2.63 bits per heavy atom. The number of carbonyl (C=O) groups excluding carboxylic acids is 1. The summed E-state index contributed by atoms with van der Waals surface area (Å²) in [5, 5.41) is 9.01. The summed E-state index contributed by atoms with van der Waals surface area (Å²) in [4.78, 5) is 27.2. The van der Waals surface area contributed by atoms with Crippen LogP contribution >= 0.6 is 0 Å². The normalized spacial score (nSPS) is 27.6. The third-order valence-electron chi connectivity index (χ3n) is 4.30. The third kappa shape index (κ3) is 3.19. The maximum Gasteiger partial charge on any atom is 0.320 e. The van der Waals surface area contributed by atoms with Crippen LogP contribution in [0.15, 0.2) is 0 Å². The van der Waals surface area contributed by atoms with Crippen molar-refractivity contribution in [3.05, 3.63) is 0 Å². The van der Waals surface area contributed by atoms with Gasteiger partial charge in [-0.15, -0.1) is 0 Å². The number of hydrogen-bond acceptors (Lipinski definition) is 2. The average Bonchev–Trinajstić information content (AvgIpc) is 2.89. The lowest BCUT2D eigenvalue weighted by atomic mass is 9.98. The van der Waals surface area contributed by atoms with Crippen LogP contribution < -0.4 is 0 Å². The predicted octanol–water partition coefficient (Wildman–Crippen LogP) is 2.17. The zero-order valence-electron chi connectivity index (χ0n) is 11.7. The number of likely N-dealkylation sites (tertiary alicyclic amines) is 2. The van der Waals surface area contributed by atoms with Crippen LogP contribution in [0.3, 0.4) is 0 Å². The van der Waals surface area contributed by atoms with Crippen molar-refractivity contribution in [3.8, 4) is 0 Å². The van der Waals surface area contributed by atoms with Gasteiger partial charge < -0.3 is 14.9 Å². The van der Waals surface area contributed by atoms with E-state index in [4.69, 9.17) is 5.11 Å². The van der Waals surface area contributed by atoms with Gasteiger partial charge >= 0.3 is 12.0 Å². The highest BCUT2D eigenvalue weighted by Gasteiger charge is 2.35. The summed E-state index contributed by atoms with van der Waals surface area (Å²) >= 11 is 0. The number of carbonyl (C=O) groups is 2. The Hall–Kier alpha value is -1.26. The van der Waals surface area contributed by atoms with E-state index in [2.05, 4.69) is 6.92 Å². The first-order chi connectivity index (χ1) is 9.13. The highest BCUT2D eigenvalue weighted by molar-refractivity contribution is 5.77. The van der Waals surface area contributed by atoms with E-state index in [1.54, 1.807) is 4.90 Å². The van der Waals surface area contributed by atoms with E-state index in [1.807, 2.05) is 4.90 Å². The lowest BCUT2D eigenvalue weighted by Gasteiger charge is -2.38. The summed E-state index contributed by atoms with van der Waals surface area (Å²) in [5.41, 5.74) is 0. The molecular weight excluding hydrogens is 244 g/mol. The molecule has 2 fully saturated rings. The number of carboxylic acids is 1. The molecule has 2 aliphatic rings. The summed E-state index contributed by atoms with van der Waals surface area (Å²) in [6.45, 7) is 3.94. The van der Waals surface area contributed by atoms with Crippen molar-refractivity contribution in [2.75, 3.05) is 19.6 Å². The predicted molar refractivity (Wildman–Crippen MR) is 72.0 cm³/mol. The first-order valence-corrected chi connectivity index (χ1v) is 7.41. The molecule has 0 aromatic carbocycles. The summed E-state index contributed by atoms with van der Waals surface area (Å²) in [6, 6.07) is 0.414. The summed E-state index contributed by atoms with van der Waals surface area (Å²) in [5.74, 6) is -1.16. The second-order valence-corrected chi connectivity index (χ2v) is 5.68. The fourth-order valence-corrected chi connectivity index (χ4v) is 3.20. The zero-order chi connectivity index (χ0) is 13.8. The van der Waals surface area contributed by atoms with Gasteiger partial charge in [0.2, 0.25) is 0 Å². The van der Waals surface area contributed by atoms with Gasteiger partial charge in [0.05, 0.1) is 5.92 Å². The van der Waals surface area contributed by atoms with Crippen molar-refractivity contribution in [2.24, 2.45) is 5.92 Å². The van der Waals surface area contributed by atoms with Gasteiger partial charge in [-0.1, -0.05) is 13.3 Å². The van der Waals surface area contributed by atoms with Gasteiger partial charge in [-0.05, 0) is 32.1 Å². The van der Waals surface area contributed by atoms with Gasteiger partial charge in [-0.2, -0.15) is 0 Å². The topological polar surface area (TPSA) is 60.9 Å². The molecule has 0 saturated carbocycles. The van der Waals surface area contributed by atoms with E-state index in [-0.39, 0.29) is 11.9 Å².